The molecule has 0 aliphatic carbocycles. The van der Waals surface area contributed by atoms with Gasteiger partial charge in [0, 0.05) is 27.8 Å². The Labute approximate surface area is 185 Å². The third-order valence-corrected chi connectivity index (χ3v) is 5.39. The highest BCUT2D eigenvalue weighted by molar-refractivity contribution is 6.31. The number of carbonyl (C=O) groups excluding carboxylic acids is 1. The summed E-state index contributed by atoms with van der Waals surface area (Å²) in [5.74, 6) is -1.72. The number of carboxylic acids is 1. The molecule has 1 amide bonds. The van der Waals surface area contributed by atoms with Gasteiger partial charge in [-0.15, -0.1) is 0 Å². The maximum atomic E-state index is 12.6. The zero-order chi connectivity index (χ0) is 22.7. The van der Waals surface area contributed by atoms with Crippen LogP contribution in [0, 0.1) is 32.1 Å². The van der Waals surface area contributed by atoms with Gasteiger partial charge in [-0.2, -0.15) is 5.26 Å². The first-order chi connectivity index (χ1) is 14.7. The topological polar surface area (TPSA) is 95.1 Å². The Balaban J connectivity index is 1.95. The average molecular weight is 434 g/mol. The molecule has 0 bridgehead atoms. The van der Waals surface area contributed by atoms with Crippen molar-refractivity contribution in [2.45, 2.75) is 20.8 Å². The summed E-state index contributed by atoms with van der Waals surface area (Å²) >= 11 is 6.27. The molecule has 3 rings (SSSR count). The van der Waals surface area contributed by atoms with Crippen molar-refractivity contribution >= 4 is 35.2 Å². The zero-order valence-electron chi connectivity index (χ0n) is 17.2. The molecule has 0 aliphatic heterocycles. The van der Waals surface area contributed by atoms with Gasteiger partial charge in [0.05, 0.1) is 5.56 Å². The fraction of sp³-hybridized carbons (Fsp3) is 0.125. The summed E-state index contributed by atoms with van der Waals surface area (Å²) in [4.78, 5) is 23.7. The fourth-order valence-corrected chi connectivity index (χ4v) is 3.54. The molecule has 2 aromatic carbocycles. The summed E-state index contributed by atoms with van der Waals surface area (Å²) < 4.78 is 2.02. The molecule has 0 radical (unpaired) electrons. The molecule has 0 spiro atoms. The summed E-state index contributed by atoms with van der Waals surface area (Å²) in [5, 5.41) is 21.9. The summed E-state index contributed by atoms with van der Waals surface area (Å²) in [6.45, 7) is 5.78. The smallest absolute Gasteiger partial charge is 0.335 e. The lowest BCUT2D eigenvalue weighted by molar-refractivity contribution is -0.112. The van der Waals surface area contributed by atoms with E-state index in [1.165, 1.54) is 24.3 Å². The summed E-state index contributed by atoms with van der Waals surface area (Å²) in [6.07, 6.45) is 1.52. The van der Waals surface area contributed by atoms with Crippen molar-refractivity contribution in [3.8, 4) is 11.8 Å². The second-order valence-electron chi connectivity index (χ2n) is 7.06. The van der Waals surface area contributed by atoms with Crippen LogP contribution < -0.4 is 5.32 Å². The van der Waals surface area contributed by atoms with Crippen LogP contribution in [0.5, 0.6) is 0 Å². The molecule has 0 saturated heterocycles. The van der Waals surface area contributed by atoms with E-state index in [1.54, 1.807) is 6.07 Å². The van der Waals surface area contributed by atoms with Crippen LogP contribution in [0.15, 0.2) is 54.1 Å². The van der Waals surface area contributed by atoms with Crippen LogP contribution in [0.1, 0.15) is 32.9 Å². The minimum atomic E-state index is -1.10. The first kappa shape index (κ1) is 21.9. The van der Waals surface area contributed by atoms with Crippen molar-refractivity contribution in [2.75, 3.05) is 5.32 Å². The highest BCUT2D eigenvalue weighted by Crippen LogP contribution is 2.28. The standard InChI is InChI=1S/C24H20ClN3O3/c1-14-10-18(16(3)28(14)22-9-5-8-21(25)15(22)2)11-19(13-26)23(29)27-20-7-4-6-17(12-20)24(30)31/h4-12H,1-3H3,(H,27,29)(H,30,31). The number of aryl methyl sites for hydroxylation is 1. The number of aromatic carboxylic acids is 1. The molecule has 1 heterocycles. The van der Waals surface area contributed by atoms with E-state index in [9.17, 15) is 14.9 Å². The Morgan fingerprint density at radius 2 is 1.84 bits per heavy atom. The summed E-state index contributed by atoms with van der Waals surface area (Å²) in [7, 11) is 0. The van der Waals surface area contributed by atoms with E-state index in [-0.39, 0.29) is 11.1 Å². The molecule has 2 N–H and O–H groups in total. The molecular weight excluding hydrogens is 414 g/mol. The van der Waals surface area contributed by atoms with Crippen LogP contribution in [0.2, 0.25) is 5.02 Å². The molecule has 7 heteroatoms. The van der Waals surface area contributed by atoms with Crippen LogP contribution >= 0.6 is 11.6 Å². The lowest BCUT2D eigenvalue weighted by Gasteiger charge is -2.13. The summed E-state index contributed by atoms with van der Waals surface area (Å²) in [6, 6.07) is 15.3. The van der Waals surface area contributed by atoms with Crippen molar-refractivity contribution < 1.29 is 14.7 Å². The predicted octanol–water partition coefficient (Wildman–Crippen LogP) is 5.30. The molecule has 6 nitrogen and oxygen atoms in total. The number of nitrogens with one attached hydrogen (secondary N) is 1. The molecule has 0 atom stereocenters. The van der Waals surface area contributed by atoms with Gasteiger partial charge < -0.3 is 15.0 Å². The minimum Gasteiger partial charge on any atom is -0.478 e. The Hall–Kier alpha value is -3.82. The van der Waals surface area contributed by atoms with Gasteiger partial charge in [-0.1, -0.05) is 23.7 Å². The number of carboxylic acid groups (broad SMARTS) is 1. The van der Waals surface area contributed by atoms with Gasteiger partial charge >= 0.3 is 5.97 Å². The van der Waals surface area contributed by atoms with Gasteiger partial charge in [0.2, 0.25) is 0 Å². The number of rotatable bonds is 5. The van der Waals surface area contributed by atoms with Gasteiger partial charge in [0.1, 0.15) is 11.6 Å². The molecular formula is C24H20ClN3O3. The molecule has 1 aromatic heterocycles. The third-order valence-electron chi connectivity index (χ3n) is 4.98. The zero-order valence-corrected chi connectivity index (χ0v) is 18.0. The van der Waals surface area contributed by atoms with Gasteiger partial charge in [-0.25, -0.2) is 4.79 Å². The number of nitrogens with zero attached hydrogens (tertiary/aromatic N) is 2. The monoisotopic (exact) mass is 433 g/mol. The first-order valence-corrected chi connectivity index (χ1v) is 9.81. The van der Waals surface area contributed by atoms with E-state index >= 15 is 0 Å². The SMILES string of the molecule is Cc1c(Cl)cccc1-n1c(C)cc(C=C(C#N)C(=O)Nc2cccc(C(=O)O)c2)c1C. The Morgan fingerprint density at radius 3 is 2.52 bits per heavy atom. The van der Waals surface area contributed by atoms with Crippen LogP contribution in [0.3, 0.4) is 0 Å². The quantitative estimate of drug-likeness (QED) is 0.421. The van der Waals surface area contributed by atoms with Crippen molar-refractivity contribution in [2.24, 2.45) is 0 Å². The van der Waals surface area contributed by atoms with Crippen molar-refractivity contribution in [3.63, 3.8) is 0 Å². The van der Waals surface area contributed by atoms with Crippen molar-refractivity contribution in [3.05, 3.63) is 87.2 Å². The van der Waals surface area contributed by atoms with Gasteiger partial charge in [0.25, 0.3) is 5.91 Å². The van der Waals surface area contributed by atoms with Gasteiger partial charge in [0.15, 0.2) is 0 Å². The van der Waals surface area contributed by atoms with E-state index in [1.807, 2.05) is 55.7 Å². The van der Waals surface area contributed by atoms with Crippen LogP contribution in [-0.2, 0) is 4.79 Å². The number of benzene rings is 2. The second kappa shape index (κ2) is 8.90. The lowest BCUT2D eigenvalue weighted by atomic mass is 10.1. The maximum Gasteiger partial charge on any atom is 0.335 e. The van der Waals surface area contributed by atoms with E-state index in [0.29, 0.717) is 10.7 Å². The number of amides is 1. The van der Waals surface area contributed by atoms with E-state index in [0.717, 1.165) is 28.2 Å². The lowest BCUT2D eigenvalue weighted by Crippen LogP contribution is -2.14. The Morgan fingerprint density at radius 1 is 1.13 bits per heavy atom. The molecule has 0 aliphatic rings. The molecule has 0 unspecified atom stereocenters. The number of nitriles is 1. The van der Waals surface area contributed by atoms with E-state index in [4.69, 9.17) is 16.7 Å². The van der Waals surface area contributed by atoms with Crippen LogP contribution in [-0.4, -0.2) is 21.6 Å². The van der Waals surface area contributed by atoms with Gasteiger partial charge in [-0.05, 0) is 74.4 Å². The number of aromatic nitrogens is 1. The van der Waals surface area contributed by atoms with E-state index < -0.39 is 11.9 Å². The fourth-order valence-electron chi connectivity index (χ4n) is 3.38. The molecule has 0 fully saturated rings. The van der Waals surface area contributed by atoms with Crippen molar-refractivity contribution in [1.29, 1.82) is 5.26 Å². The maximum absolute atomic E-state index is 12.6. The van der Waals surface area contributed by atoms with Crippen molar-refractivity contribution in [1.82, 2.24) is 4.57 Å². The summed E-state index contributed by atoms with van der Waals surface area (Å²) in [5.41, 5.74) is 4.62. The molecule has 3 aromatic rings. The number of carbonyl (C=O) groups is 2. The number of halogens is 1. The number of hydrogen-bond donors (Lipinski definition) is 2. The number of hydrogen-bond acceptors (Lipinski definition) is 3. The van der Waals surface area contributed by atoms with Crippen LogP contribution in [0.4, 0.5) is 5.69 Å². The first-order valence-electron chi connectivity index (χ1n) is 9.44. The highest BCUT2D eigenvalue weighted by Gasteiger charge is 2.16. The molecule has 156 valence electrons. The largest absolute Gasteiger partial charge is 0.478 e. The third kappa shape index (κ3) is 4.52. The highest BCUT2D eigenvalue weighted by atomic mass is 35.5. The Bertz CT molecular complexity index is 1270. The van der Waals surface area contributed by atoms with Crippen LogP contribution in [0.25, 0.3) is 11.8 Å². The molecule has 31 heavy (non-hydrogen) atoms. The minimum absolute atomic E-state index is 0.0423. The Kier molecular flexibility index (Phi) is 6.28. The second-order valence-corrected chi connectivity index (χ2v) is 7.46. The van der Waals surface area contributed by atoms with Gasteiger partial charge in [-0.3, -0.25) is 4.79 Å². The normalized spacial score (nSPS) is 11.1. The average Bonchev–Trinajstić information content (AvgIpc) is 3.01. The van der Waals surface area contributed by atoms with E-state index in [2.05, 4.69) is 5.32 Å². The molecule has 0 saturated carbocycles. The predicted molar refractivity (Wildman–Crippen MR) is 121 cm³/mol. The number of anilines is 1.